The van der Waals surface area contributed by atoms with Gasteiger partial charge in [-0.05, 0) is 17.7 Å². The average Bonchev–Trinajstić information content (AvgIpc) is 2.77. The monoisotopic (exact) mass is 258 g/mol. The Morgan fingerprint density at radius 2 is 2.00 bits per heavy atom. The zero-order valence-electron chi connectivity index (χ0n) is 11.2. The fourth-order valence-corrected chi connectivity index (χ4v) is 1.86. The van der Waals surface area contributed by atoms with Gasteiger partial charge in [-0.2, -0.15) is 5.10 Å². The number of hydrogen-bond acceptors (Lipinski definition) is 3. The molecule has 2 N–H and O–H groups in total. The molecule has 1 heterocycles. The summed E-state index contributed by atoms with van der Waals surface area (Å²) in [5.41, 5.74) is 8.32. The molecule has 2 aromatic rings. The standard InChI is InChI=1S/C14H18N4O/c1-17(9-12-8-16-18(2)10-12)14(19)7-11-3-5-13(15)6-4-11/h3-6,8,10H,7,9,15H2,1-2H3. The van der Waals surface area contributed by atoms with Crippen molar-refractivity contribution in [3.05, 3.63) is 47.8 Å². The quantitative estimate of drug-likeness (QED) is 0.838. The first-order valence-corrected chi connectivity index (χ1v) is 6.10. The maximum atomic E-state index is 12.1. The number of benzene rings is 1. The zero-order chi connectivity index (χ0) is 13.8. The molecule has 0 atom stereocenters. The third-order valence-electron chi connectivity index (χ3n) is 2.94. The van der Waals surface area contributed by atoms with Crippen molar-refractivity contribution in [2.24, 2.45) is 7.05 Å². The molecular formula is C14H18N4O. The molecule has 100 valence electrons. The van der Waals surface area contributed by atoms with Gasteiger partial charge in [0, 0.05) is 38.1 Å². The fourth-order valence-electron chi connectivity index (χ4n) is 1.86. The highest BCUT2D eigenvalue weighted by Gasteiger charge is 2.10. The summed E-state index contributed by atoms with van der Waals surface area (Å²) in [5.74, 6) is 0.0774. The third kappa shape index (κ3) is 3.58. The van der Waals surface area contributed by atoms with E-state index in [1.165, 1.54) is 0 Å². The molecule has 1 aromatic heterocycles. The summed E-state index contributed by atoms with van der Waals surface area (Å²) in [6.45, 7) is 0.571. The molecule has 2 rings (SSSR count). The first-order valence-electron chi connectivity index (χ1n) is 6.10. The van der Waals surface area contributed by atoms with Gasteiger partial charge in [0.05, 0.1) is 12.6 Å². The van der Waals surface area contributed by atoms with Gasteiger partial charge in [-0.3, -0.25) is 9.48 Å². The number of anilines is 1. The summed E-state index contributed by atoms with van der Waals surface area (Å²) in [7, 11) is 3.66. The molecule has 0 fully saturated rings. The van der Waals surface area contributed by atoms with Crippen molar-refractivity contribution in [2.45, 2.75) is 13.0 Å². The van der Waals surface area contributed by atoms with Gasteiger partial charge >= 0.3 is 0 Å². The third-order valence-corrected chi connectivity index (χ3v) is 2.94. The summed E-state index contributed by atoms with van der Waals surface area (Å²) in [6, 6.07) is 7.38. The van der Waals surface area contributed by atoms with Crippen LogP contribution >= 0.6 is 0 Å². The van der Waals surface area contributed by atoms with Gasteiger partial charge in [0.2, 0.25) is 5.91 Å². The van der Waals surface area contributed by atoms with E-state index in [9.17, 15) is 4.79 Å². The number of carbonyl (C=O) groups is 1. The Morgan fingerprint density at radius 1 is 1.32 bits per heavy atom. The summed E-state index contributed by atoms with van der Waals surface area (Å²) < 4.78 is 1.73. The van der Waals surface area contributed by atoms with Gasteiger partial charge in [0.15, 0.2) is 0 Å². The second-order valence-electron chi connectivity index (χ2n) is 4.69. The molecule has 0 unspecified atom stereocenters. The van der Waals surface area contributed by atoms with E-state index in [0.717, 1.165) is 11.1 Å². The Morgan fingerprint density at radius 3 is 2.58 bits per heavy atom. The second-order valence-corrected chi connectivity index (χ2v) is 4.69. The number of aromatic nitrogens is 2. The first-order chi connectivity index (χ1) is 9.04. The van der Waals surface area contributed by atoms with Crippen molar-refractivity contribution >= 4 is 11.6 Å². The van der Waals surface area contributed by atoms with E-state index < -0.39 is 0 Å². The highest BCUT2D eigenvalue weighted by Crippen LogP contribution is 2.08. The topological polar surface area (TPSA) is 64.2 Å². The summed E-state index contributed by atoms with van der Waals surface area (Å²) in [4.78, 5) is 13.8. The molecule has 1 amide bonds. The average molecular weight is 258 g/mol. The maximum absolute atomic E-state index is 12.1. The van der Waals surface area contributed by atoms with E-state index in [4.69, 9.17) is 5.73 Å². The Kier molecular flexibility index (Phi) is 3.85. The Labute approximate surface area is 112 Å². The summed E-state index contributed by atoms with van der Waals surface area (Å²) >= 11 is 0. The predicted octanol–water partition coefficient (Wildman–Crippen LogP) is 1.20. The number of hydrogen-bond donors (Lipinski definition) is 1. The number of likely N-dealkylation sites (N-methyl/N-ethyl adjacent to an activating group) is 1. The molecule has 5 nitrogen and oxygen atoms in total. The first kappa shape index (κ1) is 13.1. The maximum Gasteiger partial charge on any atom is 0.227 e. The molecule has 19 heavy (non-hydrogen) atoms. The smallest absolute Gasteiger partial charge is 0.227 e. The van der Waals surface area contributed by atoms with Gasteiger partial charge in [0.1, 0.15) is 0 Å². The summed E-state index contributed by atoms with van der Waals surface area (Å²) in [6.07, 6.45) is 4.07. The number of amides is 1. The molecule has 0 aliphatic heterocycles. The van der Waals surface area contributed by atoms with Crippen LogP contribution in [0.25, 0.3) is 0 Å². The van der Waals surface area contributed by atoms with Gasteiger partial charge in [-0.15, -0.1) is 0 Å². The van der Waals surface area contributed by atoms with Crippen LogP contribution in [0, 0.1) is 0 Å². The minimum absolute atomic E-state index is 0.0774. The molecule has 0 saturated heterocycles. The lowest BCUT2D eigenvalue weighted by Crippen LogP contribution is -2.27. The largest absolute Gasteiger partial charge is 0.399 e. The minimum Gasteiger partial charge on any atom is -0.399 e. The molecule has 0 radical (unpaired) electrons. The van der Waals surface area contributed by atoms with E-state index in [2.05, 4.69) is 5.10 Å². The van der Waals surface area contributed by atoms with Crippen molar-refractivity contribution in [1.29, 1.82) is 0 Å². The van der Waals surface area contributed by atoms with Crippen molar-refractivity contribution in [3.63, 3.8) is 0 Å². The number of aryl methyl sites for hydroxylation is 1. The second kappa shape index (κ2) is 5.56. The molecule has 0 saturated carbocycles. The van der Waals surface area contributed by atoms with Gasteiger partial charge < -0.3 is 10.6 Å². The lowest BCUT2D eigenvalue weighted by molar-refractivity contribution is -0.129. The SMILES string of the molecule is CN(Cc1cnn(C)c1)C(=O)Cc1ccc(N)cc1. The van der Waals surface area contributed by atoms with E-state index >= 15 is 0 Å². The molecule has 5 heteroatoms. The highest BCUT2D eigenvalue weighted by atomic mass is 16.2. The van der Waals surface area contributed by atoms with Gasteiger partial charge in [-0.25, -0.2) is 0 Å². The van der Waals surface area contributed by atoms with Crippen LogP contribution in [0.5, 0.6) is 0 Å². The number of nitrogen functional groups attached to an aromatic ring is 1. The van der Waals surface area contributed by atoms with Crippen LogP contribution in [0.15, 0.2) is 36.7 Å². The van der Waals surface area contributed by atoms with Crippen LogP contribution < -0.4 is 5.73 Å². The Hall–Kier alpha value is -2.30. The Balaban J connectivity index is 1.94. The van der Waals surface area contributed by atoms with Crippen LogP contribution in [-0.2, 0) is 24.8 Å². The molecule has 0 spiro atoms. The van der Waals surface area contributed by atoms with Crippen LogP contribution in [0.2, 0.25) is 0 Å². The predicted molar refractivity (Wildman–Crippen MR) is 74.2 cm³/mol. The number of rotatable bonds is 4. The van der Waals surface area contributed by atoms with Gasteiger partial charge in [-0.1, -0.05) is 12.1 Å². The van der Waals surface area contributed by atoms with Crippen molar-refractivity contribution in [1.82, 2.24) is 14.7 Å². The Bertz CT molecular complexity index is 559. The van der Waals surface area contributed by atoms with Crippen molar-refractivity contribution in [2.75, 3.05) is 12.8 Å². The molecular weight excluding hydrogens is 240 g/mol. The molecule has 0 aliphatic rings. The molecule has 0 bridgehead atoms. The van der Waals surface area contributed by atoms with E-state index in [1.54, 1.807) is 22.8 Å². The molecule has 1 aromatic carbocycles. The lowest BCUT2D eigenvalue weighted by atomic mass is 10.1. The van der Waals surface area contributed by atoms with Crippen LogP contribution in [0.4, 0.5) is 5.69 Å². The zero-order valence-corrected chi connectivity index (χ0v) is 11.2. The van der Waals surface area contributed by atoms with E-state index in [1.807, 2.05) is 37.5 Å². The van der Waals surface area contributed by atoms with Crippen molar-refractivity contribution in [3.8, 4) is 0 Å². The summed E-state index contributed by atoms with van der Waals surface area (Å²) in [5, 5.41) is 4.09. The fraction of sp³-hybridized carbons (Fsp3) is 0.286. The normalized spacial score (nSPS) is 10.4. The van der Waals surface area contributed by atoms with E-state index in [-0.39, 0.29) is 5.91 Å². The van der Waals surface area contributed by atoms with Crippen LogP contribution in [-0.4, -0.2) is 27.6 Å². The lowest BCUT2D eigenvalue weighted by Gasteiger charge is -2.16. The van der Waals surface area contributed by atoms with Crippen LogP contribution in [0.3, 0.4) is 0 Å². The number of nitrogens with two attached hydrogens (primary N) is 1. The van der Waals surface area contributed by atoms with Crippen LogP contribution in [0.1, 0.15) is 11.1 Å². The molecule has 0 aliphatic carbocycles. The van der Waals surface area contributed by atoms with E-state index in [0.29, 0.717) is 18.7 Å². The minimum atomic E-state index is 0.0774. The highest BCUT2D eigenvalue weighted by molar-refractivity contribution is 5.78. The van der Waals surface area contributed by atoms with Crippen molar-refractivity contribution < 1.29 is 4.79 Å². The van der Waals surface area contributed by atoms with Gasteiger partial charge in [0.25, 0.3) is 0 Å². The number of nitrogens with zero attached hydrogens (tertiary/aromatic N) is 3. The number of carbonyl (C=O) groups excluding carboxylic acids is 1.